The molecule has 2 aliphatic rings. The minimum absolute atomic E-state index is 0.134. The number of alkyl halides is 2. The Morgan fingerprint density at radius 3 is 2.62 bits per heavy atom. The van der Waals surface area contributed by atoms with Crippen molar-refractivity contribution in [3.8, 4) is 11.5 Å². The fourth-order valence-corrected chi connectivity index (χ4v) is 4.04. The number of rotatable bonds is 5. The van der Waals surface area contributed by atoms with Crippen LogP contribution in [-0.2, 0) is 11.2 Å². The van der Waals surface area contributed by atoms with Gasteiger partial charge in [-0.1, -0.05) is 0 Å². The lowest BCUT2D eigenvalue weighted by molar-refractivity contribution is -0.0971. The third-order valence-electron chi connectivity index (χ3n) is 4.98. The van der Waals surface area contributed by atoms with E-state index in [4.69, 9.17) is 14.2 Å². The van der Waals surface area contributed by atoms with Crippen LogP contribution in [0.15, 0.2) is 12.1 Å². The van der Waals surface area contributed by atoms with Crippen molar-refractivity contribution < 1.29 is 23.0 Å². The first-order chi connectivity index (χ1) is 12.3. The molecule has 3 rings (SSSR count). The molecule has 0 radical (unpaired) electrons. The number of hydrogen-bond donors (Lipinski definition) is 0. The monoisotopic (exact) mass is 369 g/mol. The maximum atomic E-state index is 12.5. The third-order valence-corrected chi connectivity index (χ3v) is 4.98. The average Bonchev–Trinajstić information content (AvgIpc) is 2.57. The van der Waals surface area contributed by atoms with Gasteiger partial charge in [0.2, 0.25) is 0 Å². The Morgan fingerprint density at radius 2 is 1.96 bits per heavy atom. The first-order valence-electron chi connectivity index (χ1n) is 9.30. The van der Waals surface area contributed by atoms with Crippen molar-refractivity contribution in [1.82, 2.24) is 4.90 Å². The van der Waals surface area contributed by atoms with Gasteiger partial charge < -0.3 is 14.2 Å². The minimum Gasteiger partial charge on any atom is -0.493 e. The summed E-state index contributed by atoms with van der Waals surface area (Å²) in [6.07, 6.45) is 0.675. The summed E-state index contributed by atoms with van der Waals surface area (Å²) in [6.45, 7) is 7.54. The van der Waals surface area contributed by atoms with Gasteiger partial charge in [0.25, 0.3) is 6.43 Å². The predicted octanol–water partition coefficient (Wildman–Crippen LogP) is 4.22. The van der Waals surface area contributed by atoms with Crippen LogP contribution in [0.25, 0.3) is 0 Å². The van der Waals surface area contributed by atoms with Crippen LogP contribution in [0.5, 0.6) is 11.5 Å². The number of fused-ring (bicyclic) bond motifs is 3. The first kappa shape index (κ1) is 19.4. The van der Waals surface area contributed by atoms with Gasteiger partial charge in [-0.3, -0.25) is 4.90 Å². The van der Waals surface area contributed by atoms with Gasteiger partial charge in [0.05, 0.1) is 18.8 Å². The quantitative estimate of drug-likeness (QED) is 0.778. The van der Waals surface area contributed by atoms with E-state index in [0.29, 0.717) is 17.5 Å². The summed E-state index contributed by atoms with van der Waals surface area (Å²) < 4.78 is 41.8. The molecule has 2 aliphatic heterocycles. The van der Waals surface area contributed by atoms with E-state index in [1.807, 2.05) is 12.1 Å². The van der Waals surface area contributed by atoms with E-state index in [1.165, 1.54) is 11.1 Å². The van der Waals surface area contributed by atoms with Crippen molar-refractivity contribution in [2.75, 3.05) is 26.8 Å². The molecule has 2 heterocycles. The Labute approximate surface area is 154 Å². The minimum atomic E-state index is -2.50. The molecule has 4 nitrogen and oxygen atoms in total. The van der Waals surface area contributed by atoms with Crippen molar-refractivity contribution in [2.45, 2.75) is 64.2 Å². The Bertz CT molecular complexity index is 630. The van der Waals surface area contributed by atoms with E-state index >= 15 is 0 Å². The van der Waals surface area contributed by atoms with E-state index in [2.05, 4.69) is 25.7 Å². The van der Waals surface area contributed by atoms with Crippen molar-refractivity contribution in [3.05, 3.63) is 23.3 Å². The molecule has 26 heavy (non-hydrogen) atoms. The molecule has 1 saturated heterocycles. The lowest BCUT2D eigenvalue weighted by Gasteiger charge is -2.44. The lowest BCUT2D eigenvalue weighted by atomic mass is 9.85. The van der Waals surface area contributed by atoms with Crippen molar-refractivity contribution in [1.29, 1.82) is 0 Å². The van der Waals surface area contributed by atoms with Crippen LogP contribution < -0.4 is 9.47 Å². The van der Waals surface area contributed by atoms with Gasteiger partial charge in [0.15, 0.2) is 11.5 Å². The Kier molecular flexibility index (Phi) is 5.72. The molecular weight excluding hydrogens is 340 g/mol. The van der Waals surface area contributed by atoms with Crippen molar-refractivity contribution in [2.24, 2.45) is 0 Å². The molecule has 6 heteroatoms. The fourth-order valence-electron chi connectivity index (χ4n) is 4.04. The number of piperidine rings is 1. The largest absolute Gasteiger partial charge is 0.493 e. The van der Waals surface area contributed by atoms with E-state index in [0.717, 1.165) is 32.4 Å². The van der Waals surface area contributed by atoms with Crippen LogP contribution in [0.4, 0.5) is 8.78 Å². The molecule has 0 spiro atoms. The molecule has 1 aromatic rings. The Balaban J connectivity index is 1.77. The first-order valence-corrected chi connectivity index (χ1v) is 9.30. The molecule has 0 amide bonds. The van der Waals surface area contributed by atoms with Crippen LogP contribution in [0.3, 0.4) is 0 Å². The molecule has 2 unspecified atom stereocenters. The van der Waals surface area contributed by atoms with Crippen molar-refractivity contribution in [3.63, 3.8) is 0 Å². The van der Waals surface area contributed by atoms with Crippen LogP contribution in [0.2, 0.25) is 0 Å². The van der Waals surface area contributed by atoms with Crippen LogP contribution in [0.1, 0.15) is 50.8 Å². The zero-order chi connectivity index (χ0) is 18.9. The zero-order valence-corrected chi connectivity index (χ0v) is 16.1. The van der Waals surface area contributed by atoms with Gasteiger partial charge in [-0.2, -0.15) is 0 Å². The van der Waals surface area contributed by atoms with Gasteiger partial charge in [-0.15, -0.1) is 0 Å². The number of nitrogens with zero attached hydrogens (tertiary/aromatic N) is 1. The van der Waals surface area contributed by atoms with Crippen LogP contribution in [-0.4, -0.2) is 49.8 Å². The van der Waals surface area contributed by atoms with E-state index in [1.54, 1.807) is 7.11 Å². The summed E-state index contributed by atoms with van der Waals surface area (Å²) in [5, 5.41) is 0. The summed E-state index contributed by atoms with van der Waals surface area (Å²) >= 11 is 0. The number of halogens is 2. The molecule has 0 bridgehead atoms. The van der Waals surface area contributed by atoms with Crippen LogP contribution in [0, 0.1) is 0 Å². The second-order valence-electron chi connectivity index (χ2n) is 8.09. The van der Waals surface area contributed by atoms with E-state index in [9.17, 15) is 8.78 Å². The number of ether oxygens (including phenoxy) is 3. The third kappa shape index (κ3) is 4.46. The highest BCUT2D eigenvalue weighted by molar-refractivity contribution is 5.49. The molecule has 0 aromatic heterocycles. The maximum absolute atomic E-state index is 12.5. The van der Waals surface area contributed by atoms with E-state index in [-0.39, 0.29) is 11.7 Å². The number of methoxy groups -OCH3 is 1. The van der Waals surface area contributed by atoms with Gasteiger partial charge in [0.1, 0.15) is 6.61 Å². The smallest absolute Gasteiger partial charge is 0.272 e. The van der Waals surface area contributed by atoms with Crippen LogP contribution >= 0.6 is 0 Å². The standard InChI is InChI=1S/C20H29F2NO3/c1-20(2,3)26-14-5-6-16-15-10-17(24-4)18(25-12-19(21)22)9-13(15)7-8-23(16)11-14/h9-10,14,16,19H,5-8,11-12H2,1-4H3. The molecule has 146 valence electrons. The zero-order valence-electron chi connectivity index (χ0n) is 16.1. The summed E-state index contributed by atoms with van der Waals surface area (Å²) in [5.74, 6) is 0.934. The molecule has 1 aromatic carbocycles. The fraction of sp³-hybridized carbons (Fsp3) is 0.700. The molecule has 2 atom stereocenters. The van der Waals surface area contributed by atoms with E-state index < -0.39 is 13.0 Å². The Morgan fingerprint density at radius 1 is 1.19 bits per heavy atom. The Hall–Kier alpha value is -1.40. The molecule has 0 N–H and O–H groups in total. The second kappa shape index (κ2) is 7.69. The van der Waals surface area contributed by atoms with Gasteiger partial charge in [-0.25, -0.2) is 8.78 Å². The van der Waals surface area contributed by atoms with Gasteiger partial charge in [0, 0.05) is 19.1 Å². The summed E-state index contributed by atoms with van der Waals surface area (Å²) in [4.78, 5) is 2.47. The normalized spacial score (nSPS) is 23.5. The van der Waals surface area contributed by atoms with Gasteiger partial charge in [-0.05, 0) is 63.3 Å². The highest BCUT2D eigenvalue weighted by Gasteiger charge is 2.35. The lowest BCUT2D eigenvalue weighted by Crippen LogP contribution is -2.47. The predicted molar refractivity (Wildman–Crippen MR) is 96.4 cm³/mol. The maximum Gasteiger partial charge on any atom is 0.272 e. The molecule has 0 saturated carbocycles. The summed E-state index contributed by atoms with van der Waals surface area (Å²) in [6, 6.07) is 4.18. The number of hydrogen-bond acceptors (Lipinski definition) is 4. The molecular formula is C20H29F2NO3. The highest BCUT2D eigenvalue weighted by Crippen LogP contribution is 2.42. The second-order valence-corrected chi connectivity index (χ2v) is 8.09. The topological polar surface area (TPSA) is 30.9 Å². The molecule has 0 aliphatic carbocycles. The highest BCUT2D eigenvalue weighted by atomic mass is 19.3. The SMILES string of the molecule is COc1cc2c(cc1OCC(F)F)CCN1CC(OC(C)(C)C)CCC21. The average molecular weight is 369 g/mol. The number of benzene rings is 1. The summed E-state index contributed by atoms with van der Waals surface area (Å²) in [5.41, 5.74) is 2.27. The van der Waals surface area contributed by atoms with Gasteiger partial charge >= 0.3 is 0 Å². The van der Waals surface area contributed by atoms with Crippen molar-refractivity contribution >= 4 is 0 Å². The molecule has 1 fully saturated rings. The summed E-state index contributed by atoms with van der Waals surface area (Å²) in [7, 11) is 1.55.